The fourth-order valence-corrected chi connectivity index (χ4v) is 3.16. The van der Waals surface area contributed by atoms with Crippen LogP contribution in [-0.4, -0.2) is 13.3 Å². The summed E-state index contributed by atoms with van der Waals surface area (Å²) in [6, 6.07) is 6.91. The molecule has 0 aromatic heterocycles. The molecule has 3 rings (SSSR count). The van der Waals surface area contributed by atoms with Crippen LogP contribution in [0.15, 0.2) is 51.4 Å². The van der Waals surface area contributed by atoms with Gasteiger partial charge in [0.2, 0.25) is 0 Å². The first-order valence-corrected chi connectivity index (χ1v) is 7.98. The molecule has 0 heterocycles. The van der Waals surface area contributed by atoms with Gasteiger partial charge in [-0.05, 0) is 66.4 Å². The Balaban J connectivity index is 1.88. The standard InChI is InChI=1S/C18H22N4/c1-19-21-22-20-13-17-6-3-2-4-9-18(17)16-11-10-14-7-5-8-15(14)12-16/h6,9-13H,2-5,7-8H2,1H3,(H,19,22)/b20-13+. The van der Waals surface area contributed by atoms with E-state index in [0.29, 0.717) is 0 Å². The van der Waals surface area contributed by atoms with Crippen LogP contribution in [0.25, 0.3) is 5.57 Å². The van der Waals surface area contributed by atoms with E-state index in [2.05, 4.69) is 51.3 Å². The van der Waals surface area contributed by atoms with Crippen LogP contribution < -0.4 is 5.53 Å². The van der Waals surface area contributed by atoms with E-state index in [-0.39, 0.29) is 0 Å². The van der Waals surface area contributed by atoms with Gasteiger partial charge in [-0.2, -0.15) is 15.8 Å². The van der Waals surface area contributed by atoms with Crippen molar-refractivity contribution in [2.45, 2.75) is 38.5 Å². The predicted octanol–water partition coefficient (Wildman–Crippen LogP) is 4.24. The first kappa shape index (κ1) is 14.7. The average Bonchev–Trinajstić information content (AvgIpc) is 2.88. The van der Waals surface area contributed by atoms with Gasteiger partial charge < -0.3 is 0 Å². The van der Waals surface area contributed by atoms with Crippen molar-refractivity contribution in [3.05, 3.63) is 52.6 Å². The second-order valence-electron chi connectivity index (χ2n) is 5.70. The van der Waals surface area contributed by atoms with E-state index in [1.165, 1.54) is 47.9 Å². The molecule has 0 aliphatic heterocycles. The van der Waals surface area contributed by atoms with Crippen molar-refractivity contribution in [3.8, 4) is 0 Å². The number of hydrogen-bond acceptors (Lipinski definition) is 3. The van der Waals surface area contributed by atoms with Crippen molar-refractivity contribution < 1.29 is 0 Å². The first-order chi connectivity index (χ1) is 10.9. The van der Waals surface area contributed by atoms with Gasteiger partial charge in [0.05, 0.1) is 13.3 Å². The highest BCUT2D eigenvalue weighted by molar-refractivity contribution is 6.01. The monoisotopic (exact) mass is 294 g/mol. The van der Waals surface area contributed by atoms with Gasteiger partial charge in [0.1, 0.15) is 0 Å². The highest BCUT2D eigenvalue weighted by Crippen LogP contribution is 2.30. The van der Waals surface area contributed by atoms with Crippen LogP contribution in [0.4, 0.5) is 0 Å². The lowest BCUT2D eigenvalue weighted by Crippen LogP contribution is -1.98. The molecule has 0 radical (unpaired) electrons. The molecule has 1 aromatic carbocycles. The van der Waals surface area contributed by atoms with Gasteiger partial charge in [-0.25, -0.2) is 0 Å². The predicted molar refractivity (Wildman–Crippen MR) is 90.8 cm³/mol. The summed E-state index contributed by atoms with van der Waals surface area (Å²) in [7, 11) is 1.61. The summed E-state index contributed by atoms with van der Waals surface area (Å²) in [5.74, 6) is 0. The number of benzene rings is 1. The SMILES string of the molecule is CN=NN/N=C/C1=CCCCC=C1c1ccc2c(c1)CCC2. The van der Waals surface area contributed by atoms with Crippen LogP contribution in [-0.2, 0) is 12.8 Å². The Bertz CT molecular complexity index is 653. The van der Waals surface area contributed by atoms with E-state index in [0.717, 1.165) is 18.4 Å². The molecule has 2 aliphatic carbocycles. The summed E-state index contributed by atoms with van der Waals surface area (Å²) >= 11 is 0. The topological polar surface area (TPSA) is 49.1 Å². The summed E-state index contributed by atoms with van der Waals surface area (Å²) in [6.07, 6.45) is 13.6. The molecule has 114 valence electrons. The highest BCUT2D eigenvalue weighted by Gasteiger charge is 2.14. The molecule has 1 aromatic rings. The van der Waals surface area contributed by atoms with Gasteiger partial charge in [0.25, 0.3) is 0 Å². The zero-order valence-corrected chi connectivity index (χ0v) is 13.0. The van der Waals surface area contributed by atoms with E-state index >= 15 is 0 Å². The summed E-state index contributed by atoms with van der Waals surface area (Å²) < 4.78 is 0. The van der Waals surface area contributed by atoms with Gasteiger partial charge in [0, 0.05) is 0 Å². The summed E-state index contributed by atoms with van der Waals surface area (Å²) in [5, 5.41) is 11.4. The van der Waals surface area contributed by atoms with E-state index < -0.39 is 0 Å². The first-order valence-electron chi connectivity index (χ1n) is 7.98. The molecule has 4 heteroatoms. The van der Waals surface area contributed by atoms with Crippen molar-refractivity contribution in [2.24, 2.45) is 15.4 Å². The minimum absolute atomic E-state index is 1.08. The number of rotatable bonds is 4. The van der Waals surface area contributed by atoms with Gasteiger partial charge in [-0.15, -0.1) is 0 Å². The third kappa shape index (κ3) is 3.32. The maximum Gasteiger partial charge on any atom is 0.0564 e. The van der Waals surface area contributed by atoms with Crippen LogP contribution >= 0.6 is 0 Å². The normalized spacial score (nSPS) is 18.2. The molecule has 1 N–H and O–H groups in total. The number of hydrazone groups is 1. The van der Waals surface area contributed by atoms with Crippen LogP contribution in [0.2, 0.25) is 0 Å². The van der Waals surface area contributed by atoms with E-state index in [9.17, 15) is 0 Å². The third-order valence-corrected chi connectivity index (χ3v) is 4.25. The van der Waals surface area contributed by atoms with Gasteiger partial charge in [0.15, 0.2) is 0 Å². The lowest BCUT2D eigenvalue weighted by atomic mass is 9.95. The Morgan fingerprint density at radius 1 is 1.05 bits per heavy atom. The second kappa shape index (κ2) is 7.16. The van der Waals surface area contributed by atoms with Crippen molar-refractivity contribution in [1.29, 1.82) is 0 Å². The Hall–Kier alpha value is -2.23. The van der Waals surface area contributed by atoms with Crippen molar-refractivity contribution in [1.82, 2.24) is 5.53 Å². The summed E-state index contributed by atoms with van der Waals surface area (Å²) in [5.41, 5.74) is 9.35. The van der Waals surface area contributed by atoms with Crippen molar-refractivity contribution in [3.63, 3.8) is 0 Å². The van der Waals surface area contributed by atoms with Gasteiger partial charge in [-0.3, -0.25) is 0 Å². The average molecular weight is 294 g/mol. The molecule has 0 bridgehead atoms. The van der Waals surface area contributed by atoms with Crippen LogP contribution in [0.1, 0.15) is 42.4 Å². The molecule has 0 unspecified atom stereocenters. The Kier molecular flexibility index (Phi) is 4.78. The minimum atomic E-state index is 1.08. The van der Waals surface area contributed by atoms with Crippen molar-refractivity contribution in [2.75, 3.05) is 7.05 Å². The molecule has 4 nitrogen and oxygen atoms in total. The van der Waals surface area contributed by atoms with E-state index in [1.54, 1.807) is 7.05 Å². The Labute approximate surface area is 131 Å². The fourth-order valence-electron chi connectivity index (χ4n) is 3.16. The molecule has 0 atom stereocenters. The van der Waals surface area contributed by atoms with E-state index in [4.69, 9.17) is 0 Å². The second-order valence-corrected chi connectivity index (χ2v) is 5.70. The molecule has 0 saturated heterocycles. The van der Waals surface area contributed by atoms with Crippen LogP contribution in [0.5, 0.6) is 0 Å². The maximum atomic E-state index is 4.13. The Morgan fingerprint density at radius 3 is 2.82 bits per heavy atom. The lowest BCUT2D eigenvalue weighted by molar-refractivity contribution is 0.742. The quantitative estimate of drug-likeness (QED) is 0.504. The largest absolute Gasteiger partial charge is 0.179 e. The number of fused-ring (bicyclic) bond motifs is 1. The summed E-state index contributed by atoms with van der Waals surface area (Å²) in [6.45, 7) is 0. The lowest BCUT2D eigenvalue weighted by Gasteiger charge is -2.10. The van der Waals surface area contributed by atoms with Gasteiger partial charge >= 0.3 is 0 Å². The molecule has 0 fully saturated rings. The van der Waals surface area contributed by atoms with Crippen LogP contribution in [0, 0.1) is 0 Å². The molecule has 0 saturated carbocycles. The molecule has 22 heavy (non-hydrogen) atoms. The molecule has 2 aliphatic rings. The third-order valence-electron chi connectivity index (χ3n) is 4.25. The number of nitrogens with one attached hydrogen (secondary N) is 1. The fraction of sp³-hybridized carbons (Fsp3) is 0.389. The maximum absolute atomic E-state index is 4.13. The molecular formula is C18H22N4. The van der Waals surface area contributed by atoms with Gasteiger partial charge in [-0.1, -0.05) is 35.6 Å². The number of hydrogen-bond donors (Lipinski definition) is 1. The molecule has 0 spiro atoms. The molecular weight excluding hydrogens is 272 g/mol. The zero-order chi connectivity index (χ0) is 15.2. The number of nitrogens with zero attached hydrogens (tertiary/aromatic N) is 3. The zero-order valence-electron chi connectivity index (χ0n) is 13.0. The smallest absolute Gasteiger partial charge is 0.0564 e. The number of aryl methyl sites for hydroxylation is 2. The molecule has 0 amide bonds. The Morgan fingerprint density at radius 2 is 1.91 bits per heavy atom. The van der Waals surface area contributed by atoms with Crippen molar-refractivity contribution >= 4 is 11.8 Å². The summed E-state index contributed by atoms with van der Waals surface area (Å²) in [4.78, 5) is 0. The number of allylic oxidation sites excluding steroid dienone is 4. The highest BCUT2D eigenvalue weighted by atomic mass is 15.6. The van der Waals surface area contributed by atoms with E-state index in [1.807, 2.05) is 6.21 Å². The van der Waals surface area contributed by atoms with Crippen LogP contribution in [0.3, 0.4) is 0 Å². The minimum Gasteiger partial charge on any atom is -0.179 e.